The van der Waals surface area contributed by atoms with E-state index in [1.807, 2.05) is 0 Å². The van der Waals surface area contributed by atoms with Gasteiger partial charge in [-0.1, -0.05) is 16.8 Å². The first-order valence-corrected chi connectivity index (χ1v) is 18.9. The first-order chi connectivity index (χ1) is 24.2. The number of hydrogen-bond donors (Lipinski definition) is 3. The number of anilines is 1. The molecule has 2 aromatic rings. The second-order valence-electron chi connectivity index (χ2n) is 13.4. The van der Waals surface area contributed by atoms with Crippen LogP contribution in [0.3, 0.4) is 0 Å². The molecule has 0 bridgehead atoms. The number of aromatic hydroxyl groups is 1. The molecule has 1 aromatic carbocycles. The zero-order valence-corrected chi connectivity index (χ0v) is 30.9. The highest BCUT2D eigenvalue weighted by Gasteiger charge is 2.55. The molecule has 4 heterocycles. The molecule has 2 atom stereocenters. The van der Waals surface area contributed by atoms with Gasteiger partial charge in [-0.05, 0) is 31.9 Å². The molecule has 51 heavy (non-hydrogen) atoms. The van der Waals surface area contributed by atoms with Gasteiger partial charge in [-0.2, -0.15) is 0 Å². The summed E-state index contributed by atoms with van der Waals surface area (Å²) in [5, 5.41) is 25.6. The first-order valence-electron chi connectivity index (χ1n) is 16.6. The molecule has 14 nitrogen and oxygen atoms in total. The smallest absolute Gasteiger partial charge is 0.352 e. The maximum atomic E-state index is 13.6. The SMILES string of the molecule is Cc1c(O)ccc(C(=O)CCCC[N+]2(CC3=C(C(=O)O)N4C(=O)[C@@H](CC(=O)/C(=N\OC(C)(C)OC=O)c5csc(N)n5)[C@H]4SC3)CCCC2)c1Cl. The van der Waals surface area contributed by atoms with E-state index in [0.717, 1.165) is 50.2 Å². The minimum Gasteiger partial charge on any atom is -0.508 e. The average molecular weight is 763 g/mol. The van der Waals surface area contributed by atoms with Crippen molar-refractivity contribution >= 4 is 75.5 Å². The lowest BCUT2D eigenvalue weighted by Crippen LogP contribution is -2.62. The van der Waals surface area contributed by atoms with Crippen LogP contribution in [0, 0.1) is 12.8 Å². The number of fused-ring (bicyclic) bond motifs is 1. The lowest BCUT2D eigenvalue weighted by Gasteiger charge is -2.50. The number of aromatic nitrogens is 1. The number of carboxylic acid groups (broad SMARTS) is 1. The highest BCUT2D eigenvalue weighted by molar-refractivity contribution is 8.00. The number of aliphatic carboxylic acids is 1. The van der Waals surface area contributed by atoms with E-state index < -0.39 is 34.7 Å². The summed E-state index contributed by atoms with van der Waals surface area (Å²) in [7, 11) is 0. The van der Waals surface area contributed by atoms with E-state index in [2.05, 4.69) is 10.1 Å². The summed E-state index contributed by atoms with van der Waals surface area (Å²) in [5.41, 5.74) is 7.23. The molecule has 274 valence electrons. The molecule has 4 N–H and O–H groups in total. The molecule has 3 aliphatic rings. The second kappa shape index (κ2) is 15.7. The van der Waals surface area contributed by atoms with Crippen LogP contribution in [0.1, 0.15) is 74.0 Å². The normalized spacial score (nSPS) is 20.1. The van der Waals surface area contributed by atoms with E-state index >= 15 is 0 Å². The van der Waals surface area contributed by atoms with Crippen molar-refractivity contribution in [3.8, 4) is 5.75 Å². The number of carbonyl (C=O) groups excluding carboxylic acids is 4. The zero-order chi connectivity index (χ0) is 37.1. The Kier molecular flexibility index (Phi) is 11.8. The van der Waals surface area contributed by atoms with Gasteiger partial charge >= 0.3 is 5.97 Å². The Bertz CT molecular complexity index is 1790. The number of benzene rings is 1. The summed E-state index contributed by atoms with van der Waals surface area (Å²) in [6.07, 6.45) is 3.40. The Labute approximate surface area is 308 Å². The zero-order valence-electron chi connectivity index (χ0n) is 28.6. The van der Waals surface area contributed by atoms with Crippen molar-refractivity contribution in [3.05, 3.63) is 50.6 Å². The predicted octanol–water partition coefficient (Wildman–Crippen LogP) is 4.52. The summed E-state index contributed by atoms with van der Waals surface area (Å²) < 4.78 is 5.53. The topological polar surface area (TPSA) is 199 Å². The van der Waals surface area contributed by atoms with Gasteiger partial charge in [0, 0.05) is 67.4 Å². The lowest BCUT2D eigenvalue weighted by atomic mass is 9.89. The number of thioether (sulfide) groups is 1. The van der Waals surface area contributed by atoms with Crippen molar-refractivity contribution in [2.24, 2.45) is 11.1 Å². The number of phenols is 1. The van der Waals surface area contributed by atoms with Gasteiger partial charge in [-0.15, -0.1) is 23.1 Å². The Morgan fingerprint density at radius 3 is 2.61 bits per heavy atom. The van der Waals surface area contributed by atoms with Crippen LogP contribution in [0.15, 0.2) is 33.9 Å². The van der Waals surface area contributed by atoms with Crippen LogP contribution in [-0.4, -0.2) is 103 Å². The van der Waals surface area contributed by atoms with E-state index in [4.69, 9.17) is 26.9 Å². The fourth-order valence-electron chi connectivity index (χ4n) is 6.80. The number of nitrogens with zero attached hydrogens (tertiary/aromatic N) is 4. The average Bonchev–Trinajstić information content (AvgIpc) is 3.73. The monoisotopic (exact) mass is 762 g/mol. The van der Waals surface area contributed by atoms with E-state index in [1.54, 1.807) is 13.0 Å². The largest absolute Gasteiger partial charge is 0.508 e. The number of hydrogen-bond acceptors (Lipinski definition) is 13. The van der Waals surface area contributed by atoms with Crippen LogP contribution in [0.2, 0.25) is 5.02 Å². The molecule has 0 unspecified atom stereocenters. The number of quaternary nitrogens is 1. The first kappa shape index (κ1) is 38.2. The number of β-lactam (4-membered cyclic amide) rings is 1. The Morgan fingerprint density at radius 2 is 1.96 bits per heavy atom. The summed E-state index contributed by atoms with van der Waals surface area (Å²) >= 11 is 8.83. The van der Waals surface area contributed by atoms with Crippen LogP contribution in [0.25, 0.3) is 0 Å². The molecule has 1 amide bonds. The van der Waals surface area contributed by atoms with E-state index in [1.165, 1.54) is 42.0 Å². The van der Waals surface area contributed by atoms with Gasteiger partial charge in [0.25, 0.3) is 12.3 Å². The van der Waals surface area contributed by atoms with Gasteiger partial charge in [0.05, 0.1) is 35.9 Å². The number of ketones is 2. The highest BCUT2D eigenvalue weighted by Crippen LogP contribution is 2.46. The molecule has 2 saturated heterocycles. The van der Waals surface area contributed by atoms with Gasteiger partial charge in [0.15, 0.2) is 22.4 Å². The van der Waals surface area contributed by atoms with E-state index in [0.29, 0.717) is 46.3 Å². The van der Waals surface area contributed by atoms with Gasteiger partial charge in [-0.25, -0.2) is 9.78 Å². The minimum atomic E-state index is -1.48. The molecule has 2 fully saturated rings. The van der Waals surface area contributed by atoms with Crippen molar-refractivity contribution in [3.63, 3.8) is 0 Å². The van der Waals surface area contributed by atoms with Crippen LogP contribution in [-0.2, 0) is 28.8 Å². The number of halogens is 1. The van der Waals surface area contributed by atoms with E-state index in [9.17, 15) is 34.2 Å². The summed E-state index contributed by atoms with van der Waals surface area (Å²) in [4.78, 5) is 74.3. The number of ether oxygens (including phenoxy) is 1. The van der Waals surface area contributed by atoms with E-state index in [-0.39, 0.29) is 51.7 Å². The number of nitrogen functional groups attached to an aromatic ring is 1. The number of rotatable bonds is 17. The Hall–Kier alpha value is -3.99. The van der Waals surface area contributed by atoms with Gasteiger partial charge in [0.1, 0.15) is 23.7 Å². The third-order valence-electron chi connectivity index (χ3n) is 9.47. The summed E-state index contributed by atoms with van der Waals surface area (Å²) in [5.74, 6) is -4.16. The number of Topliss-reactive ketones (excluding diaryl/α,β-unsaturated/α-hetero) is 2. The molecule has 0 spiro atoms. The van der Waals surface area contributed by atoms with Crippen molar-refractivity contribution < 1.29 is 48.2 Å². The summed E-state index contributed by atoms with van der Waals surface area (Å²) in [6, 6.07) is 3.01. The molecule has 5 rings (SSSR count). The number of likely N-dealkylation sites (tertiary alicyclic amines) is 1. The van der Waals surface area contributed by atoms with Crippen LogP contribution in [0.4, 0.5) is 5.13 Å². The molecule has 1 aromatic heterocycles. The lowest BCUT2D eigenvalue weighted by molar-refractivity contribution is -0.912. The van der Waals surface area contributed by atoms with Gasteiger partial charge in [0.2, 0.25) is 5.91 Å². The predicted molar refractivity (Wildman–Crippen MR) is 191 cm³/mol. The third-order valence-corrected chi connectivity index (χ3v) is 12.0. The molecule has 17 heteroatoms. The molecular weight excluding hydrogens is 722 g/mol. The number of carboxylic acids is 1. The number of oxime groups is 1. The molecule has 0 saturated carbocycles. The Balaban J connectivity index is 1.26. The standard InChI is InChI=1S/C34H40ClN5O9S2/c1-19-24(42)10-9-21(27(19)35)25(43)8-4-5-11-40(12-6-7-13-40)15-20-16-50-31-22(30(45)39(31)29(20)32(46)47)14-26(44)28(23-17-51-33(36)37-23)38-49-34(2,3)48-18-41/h9-10,17-18,22,31H,4-8,11-16H2,1-3H3,(H3-,36,37,42,43,46,47)/p+1/b38-28-/t22-,31-/m1/s1. The Morgan fingerprint density at radius 1 is 1.24 bits per heavy atom. The molecule has 0 aliphatic carbocycles. The molecular formula is C34H41ClN5O9S2+. The number of phenolic OH excluding ortho intramolecular Hbond substituents is 1. The number of carbonyl (C=O) groups is 5. The number of nitrogens with two attached hydrogens (primary N) is 1. The maximum absolute atomic E-state index is 13.6. The van der Waals surface area contributed by atoms with Gasteiger partial charge < -0.3 is 30.0 Å². The van der Waals surface area contributed by atoms with Crippen molar-refractivity contribution in [1.29, 1.82) is 0 Å². The third kappa shape index (κ3) is 8.40. The van der Waals surface area contributed by atoms with Crippen LogP contribution < -0.4 is 5.73 Å². The fourth-order valence-corrected chi connectivity index (χ4v) is 9.01. The van der Waals surface area contributed by atoms with Crippen molar-refractivity contribution in [2.45, 2.75) is 70.5 Å². The van der Waals surface area contributed by atoms with Crippen molar-refractivity contribution in [2.75, 3.05) is 37.7 Å². The minimum absolute atomic E-state index is 0.0263. The fraction of sp³-hybridized carbons (Fsp3) is 0.500. The van der Waals surface area contributed by atoms with Gasteiger partial charge in [-0.3, -0.25) is 24.1 Å². The highest BCUT2D eigenvalue weighted by atomic mass is 35.5. The second-order valence-corrected chi connectivity index (χ2v) is 15.8. The van der Waals surface area contributed by atoms with Crippen LogP contribution >= 0.6 is 34.7 Å². The quantitative estimate of drug-likeness (QED) is 0.0298. The number of unbranched alkanes of at least 4 members (excludes halogenated alkanes) is 1. The molecule has 0 radical (unpaired) electrons. The maximum Gasteiger partial charge on any atom is 0.352 e. The number of amides is 1. The number of thiazole rings is 1. The summed E-state index contributed by atoms with van der Waals surface area (Å²) in [6.45, 7) is 7.67. The van der Waals surface area contributed by atoms with Crippen molar-refractivity contribution in [1.82, 2.24) is 9.88 Å². The van der Waals surface area contributed by atoms with Crippen LogP contribution in [0.5, 0.6) is 5.75 Å². The molecule has 3 aliphatic heterocycles.